The summed E-state index contributed by atoms with van der Waals surface area (Å²) in [6.45, 7) is 2.81. The highest BCUT2D eigenvalue weighted by atomic mass is 19.1. The molecule has 148 valence electrons. The third-order valence-corrected chi connectivity index (χ3v) is 5.74. The lowest BCUT2D eigenvalue weighted by Gasteiger charge is -2.39. The van der Waals surface area contributed by atoms with Crippen LogP contribution in [0.15, 0.2) is 24.3 Å². The molecule has 1 unspecified atom stereocenters. The van der Waals surface area contributed by atoms with E-state index in [1.54, 1.807) is 19.1 Å². The summed E-state index contributed by atoms with van der Waals surface area (Å²) in [6, 6.07) is 6.20. The zero-order valence-electron chi connectivity index (χ0n) is 16.0. The fourth-order valence-corrected chi connectivity index (χ4v) is 4.40. The van der Waals surface area contributed by atoms with Crippen LogP contribution in [-0.4, -0.2) is 35.6 Å². The molecular weight excluding hydrogens is 347 g/mol. The summed E-state index contributed by atoms with van der Waals surface area (Å²) in [7, 11) is 0. The number of halogens is 1. The molecule has 1 aliphatic heterocycles. The molecule has 5 nitrogen and oxygen atoms in total. The summed E-state index contributed by atoms with van der Waals surface area (Å²) in [5, 5.41) is 3.19. The van der Waals surface area contributed by atoms with Crippen LogP contribution >= 0.6 is 0 Å². The number of hydrogen-bond donors (Lipinski definition) is 1. The van der Waals surface area contributed by atoms with Gasteiger partial charge < -0.3 is 15.0 Å². The van der Waals surface area contributed by atoms with Crippen molar-refractivity contribution in [1.29, 1.82) is 0 Å². The molecule has 0 bridgehead atoms. The first-order valence-corrected chi connectivity index (χ1v) is 10.0. The number of benzene rings is 1. The first kappa shape index (κ1) is 19.6. The normalized spacial score (nSPS) is 21.7. The number of hydrogen-bond acceptors (Lipinski definition) is 3. The Morgan fingerprint density at radius 2 is 1.89 bits per heavy atom. The lowest BCUT2D eigenvalue weighted by atomic mass is 9.79. The summed E-state index contributed by atoms with van der Waals surface area (Å²) in [6.07, 6.45) is 6.73. The van der Waals surface area contributed by atoms with E-state index in [0.29, 0.717) is 13.2 Å². The minimum absolute atomic E-state index is 0.0474. The van der Waals surface area contributed by atoms with E-state index in [4.69, 9.17) is 4.74 Å². The van der Waals surface area contributed by atoms with Crippen molar-refractivity contribution >= 4 is 12.0 Å². The second-order valence-corrected chi connectivity index (χ2v) is 7.66. The van der Waals surface area contributed by atoms with Crippen LogP contribution in [0, 0.1) is 5.82 Å². The van der Waals surface area contributed by atoms with Crippen LogP contribution in [0.1, 0.15) is 69.9 Å². The summed E-state index contributed by atoms with van der Waals surface area (Å²) >= 11 is 0. The first-order valence-electron chi connectivity index (χ1n) is 10.0. The number of nitrogens with zero attached hydrogens (tertiary/aromatic N) is 1. The van der Waals surface area contributed by atoms with Gasteiger partial charge >= 0.3 is 12.0 Å². The Labute approximate surface area is 160 Å². The summed E-state index contributed by atoms with van der Waals surface area (Å²) in [5.74, 6) is -0.528. The molecule has 0 aromatic heterocycles. The molecule has 6 heteroatoms. The van der Waals surface area contributed by atoms with E-state index < -0.39 is 5.54 Å². The van der Waals surface area contributed by atoms with E-state index in [9.17, 15) is 14.0 Å². The van der Waals surface area contributed by atoms with E-state index in [-0.39, 0.29) is 30.3 Å². The summed E-state index contributed by atoms with van der Waals surface area (Å²) < 4.78 is 18.4. The molecule has 1 aromatic carbocycles. The highest BCUT2D eigenvalue weighted by molar-refractivity contribution is 5.78. The molecule has 1 saturated carbocycles. The smallest absolute Gasteiger partial charge is 0.318 e. The minimum Gasteiger partial charge on any atom is -0.466 e. The maximum atomic E-state index is 13.2. The lowest BCUT2D eigenvalue weighted by Crippen LogP contribution is -2.55. The van der Waals surface area contributed by atoms with Crippen LogP contribution in [-0.2, 0) is 9.53 Å². The van der Waals surface area contributed by atoms with Crippen LogP contribution in [0.3, 0.4) is 0 Å². The summed E-state index contributed by atoms with van der Waals surface area (Å²) in [5.41, 5.74) is 0.435. The quantitative estimate of drug-likeness (QED) is 0.778. The molecule has 2 fully saturated rings. The van der Waals surface area contributed by atoms with Crippen molar-refractivity contribution in [3.63, 3.8) is 0 Å². The molecule has 1 aromatic rings. The van der Waals surface area contributed by atoms with E-state index in [2.05, 4.69) is 5.32 Å². The number of likely N-dealkylation sites (tertiary alicyclic amines) is 1. The van der Waals surface area contributed by atoms with Crippen molar-refractivity contribution in [1.82, 2.24) is 10.2 Å². The maximum Gasteiger partial charge on any atom is 0.318 e. The second kappa shape index (κ2) is 8.72. The van der Waals surface area contributed by atoms with Gasteiger partial charge in [0.05, 0.1) is 24.6 Å². The van der Waals surface area contributed by atoms with Crippen LogP contribution in [0.2, 0.25) is 0 Å². The molecule has 2 aliphatic rings. The van der Waals surface area contributed by atoms with Crippen LogP contribution in [0.4, 0.5) is 9.18 Å². The van der Waals surface area contributed by atoms with Crippen molar-refractivity contribution in [3.05, 3.63) is 35.6 Å². The Balaban J connectivity index is 1.72. The molecule has 0 spiro atoms. The number of amides is 2. The van der Waals surface area contributed by atoms with Crippen molar-refractivity contribution in [2.45, 2.75) is 69.9 Å². The monoisotopic (exact) mass is 376 g/mol. The Hall–Kier alpha value is -2.11. The van der Waals surface area contributed by atoms with E-state index in [0.717, 1.165) is 50.5 Å². The predicted octanol–water partition coefficient (Wildman–Crippen LogP) is 4.33. The number of esters is 1. The fourth-order valence-electron chi connectivity index (χ4n) is 4.40. The zero-order valence-corrected chi connectivity index (χ0v) is 16.0. The first-order chi connectivity index (χ1) is 13.0. The number of carbonyl (C=O) groups excluding carboxylic acids is 2. The van der Waals surface area contributed by atoms with Crippen LogP contribution in [0.25, 0.3) is 0 Å². The van der Waals surface area contributed by atoms with Gasteiger partial charge in [-0.1, -0.05) is 31.4 Å². The number of carbonyl (C=O) groups is 2. The van der Waals surface area contributed by atoms with Gasteiger partial charge in [-0.15, -0.1) is 0 Å². The van der Waals surface area contributed by atoms with Gasteiger partial charge in [0, 0.05) is 6.54 Å². The predicted molar refractivity (Wildman–Crippen MR) is 101 cm³/mol. The van der Waals surface area contributed by atoms with Crippen molar-refractivity contribution < 1.29 is 18.7 Å². The van der Waals surface area contributed by atoms with Gasteiger partial charge in [-0.05, 0) is 50.3 Å². The Morgan fingerprint density at radius 3 is 2.56 bits per heavy atom. The Morgan fingerprint density at radius 1 is 1.19 bits per heavy atom. The van der Waals surface area contributed by atoms with Crippen LogP contribution < -0.4 is 5.32 Å². The number of rotatable bonds is 5. The second-order valence-electron chi connectivity index (χ2n) is 7.66. The fraction of sp³-hybridized carbons (Fsp3) is 0.619. The average Bonchev–Trinajstić information content (AvgIpc) is 3.13. The molecule has 0 radical (unpaired) electrons. The minimum atomic E-state index is -0.516. The number of ether oxygens (including phenoxy) is 1. The number of urea groups is 1. The van der Waals surface area contributed by atoms with Gasteiger partial charge in [-0.25, -0.2) is 9.18 Å². The van der Waals surface area contributed by atoms with E-state index >= 15 is 0 Å². The van der Waals surface area contributed by atoms with Crippen molar-refractivity contribution in [2.24, 2.45) is 0 Å². The molecule has 1 N–H and O–H groups in total. The molecule has 1 atom stereocenters. The van der Waals surface area contributed by atoms with E-state index in [1.807, 2.05) is 4.90 Å². The summed E-state index contributed by atoms with van der Waals surface area (Å²) in [4.78, 5) is 27.0. The molecule has 27 heavy (non-hydrogen) atoms. The molecule has 3 rings (SSSR count). The Kier molecular flexibility index (Phi) is 6.34. The molecular formula is C21H29FN2O3. The van der Waals surface area contributed by atoms with Gasteiger partial charge in [0.2, 0.25) is 0 Å². The average molecular weight is 376 g/mol. The highest BCUT2D eigenvalue weighted by Gasteiger charge is 2.39. The molecule has 1 aliphatic carbocycles. The molecule has 1 saturated heterocycles. The maximum absolute atomic E-state index is 13.2. The largest absolute Gasteiger partial charge is 0.466 e. The standard InChI is InChI=1S/C21H29FN2O3/c1-2-27-19(25)15-21(12-4-3-5-13-21)23-20(26)24-14-6-7-18(24)16-8-10-17(22)11-9-16/h8-11,18H,2-7,12-15H2,1H3,(H,23,26). The molecule has 2 amide bonds. The third-order valence-electron chi connectivity index (χ3n) is 5.74. The van der Waals surface area contributed by atoms with Crippen molar-refractivity contribution in [2.75, 3.05) is 13.2 Å². The van der Waals surface area contributed by atoms with Gasteiger partial charge in [-0.3, -0.25) is 4.79 Å². The topological polar surface area (TPSA) is 58.6 Å². The van der Waals surface area contributed by atoms with Gasteiger partial charge in [0.15, 0.2) is 0 Å². The van der Waals surface area contributed by atoms with E-state index in [1.165, 1.54) is 12.1 Å². The Bertz CT molecular complexity index is 656. The van der Waals surface area contributed by atoms with Crippen molar-refractivity contribution in [3.8, 4) is 0 Å². The zero-order chi connectivity index (χ0) is 19.3. The number of nitrogens with one attached hydrogen (secondary N) is 1. The van der Waals surface area contributed by atoms with Gasteiger partial charge in [0.1, 0.15) is 5.82 Å². The molecule has 1 heterocycles. The SMILES string of the molecule is CCOC(=O)CC1(NC(=O)N2CCCC2c2ccc(F)cc2)CCCCC1. The van der Waals surface area contributed by atoms with Crippen LogP contribution in [0.5, 0.6) is 0 Å². The lowest BCUT2D eigenvalue weighted by molar-refractivity contribution is -0.145. The third kappa shape index (κ3) is 4.79. The van der Waals surface area contributed by atoms with Gasteiger partial charge in [-0.2, -0.15) is 0 Å². The highest BCUT2D eigenvalue weighted by Crippen LogP contribution is 2.35. The van der Waals surface area contributed by atoms with Gasteiger partial charge in [0.25, 0.3) is 0 Å².